The molecule has 30 heavy (non-hydrogen) atoms. The molecule has 2 aromatic rings. The van der Waals surface area contributed by atoms with Gasteiger partial charge >= 0.3 is 5.97 Å². The Kier molecular flexibility index (Phi) is 6.50. The number of benzene rings is 2. The van der Waals surface area contributed by atoms with Gasteiger partial charge < -0.3 is 14.2 Å². The first-order valence-electron chi connectivity index (χ1n) is 8.78. The number of carbonyl (C=O) groups excluding carboxylic acids is 1. The number of ether oxygens (including phenoxy) is 3. The molecule has 3 rings (SSSR count). The molecule has 1 fully saturated rings. The van der Waals surface area contributed by atoms with Crippen LogP contribution in [0.1, 0.15) is 34.2 Å². The van der Waals surface area contributed by atoms with E-state index in [0.29, 0.717) is 31.8 Å². The van der Waals surface area contributed by atoms with Crippen LogP contribution in [0.4, 0.5) is 17.6 Å². The van der Waals surface area contributed by atoms with E-state index >= 15 is 0 Å². The molecule has 0 radical (unpaired) electrons. The average Bonchev–Trinajstić information content (AvgIpc) is 2.68. The molecule has 0 saturated carbocycles. The maximum atomic E-state index is 14.4. The molecule has 0 aliphatic carbocycles. The summed E-state index contributed by atoms with van der Waals surface area (Å²) >= 11 is 0. The molecule has 1 aliphatic rings. The fraction of sp³-hybridized carbons (Fsp3) is 0.238. The topological polar surface area (TPSA) is 68.5 Å². The first-order chi connectivity index (χ1) is 14.3. The van der Waals surface area contributed by atoms with Crippen molar-refractivity contribution in [3.63, 3.8) is 0 Å². The highest BCUT2D eigenvalue weighted by atomic mass is 19.1. The zero-order chi connectivity index (χ0) is 21.8. The molecule has 0 aromatic heterocycles. The maximum absolute atomic E-state index is 14.4. The van der Waals surface area contributed by atoms with E-state index in [0.717, 1.165) is 12.1 Å². The molecule has 0 unspecified atom stereocenters. The van der Waals surface area contributed by atoms with Crippen molar-refractivity contribution in [3.05, 3.63) is 76.9 Å². The number of nitrogens with zero attached hydrogens (tertiary/aromatic N) is 1. The van der Waals surface area contributed by atoms with Crippen LogP contribution in [0.5, 0.6) is 5.75 Å². The Hall–Kier alpha value is -3.22. The molecule has 9 heteroatoms. The van der Waals surface area contributed by atoms with Gasteiger partial charge in [-0.05, 0) is 18.6 Å². The minimum absolute atomic E-state index is 0.0223. The van der Waals surface area contributed by atoms with Gasteiger partial charge in [0, 0.05) is 23.6 Å². The summed E-state index contributed by atoms with van der Waals surface area (Å²) in [6.45, 7) is 4.23. The molecule has 0 spiro atoms. The number of carbonyl (C=O) groups is 1. The van der Waals surface area contributed by atoms with E-state index < -0.39 is 52.4 Å². The summed E-state index contributed by atoms with van der Waals surface area (Å²) < 4.78 is 71.7. The Morgan fingerprint density at radius 1 is 1.10 bits per heavy atom. The average molecular weight is 421 g/mol. The molecule has 0 amide bonds. The number of allylic oxidation sites excluding steroid dienone is 1. The number of hydrogen-bond donors (Lipinski definition) is 0. The maximum Gasteiger partial charge on any atom is 0.349 e. The molecule has 0 bridgehead atoms. The van der Waals surface area contributed by atoms with Gasteiger partial charge in [0.1, 0.15) is 46.2 Å². The summed E-state index contributed by atoms with van der Waals surface area (Å²) in [5.74, 6) is -7.15. The third kappa shape index (κ3) is 4.50. The second-order valence-electron chi connectivity index (χ2n) is 6.51. The fourth-order valence-electron chi connectivity index (χ4n) is 2.90. The third-order valence-electron chi connectivity index (χ3n) is 4.35. The van der Waals surface area contributed by atoms with Gasteiger partial charge in [0.15, 0.2) is 6.29 Å². The summed E-state index contributed by atoms with van der Waals surface area (Å²) in [5.41, 5.74) is -1.90. The van der Waals surface area contributed by atoms with Crippen molar-refractivity contribution >= 4 is 5.97 Å². The summed E-state index contributed by atoms with van der Waals surface area (Å²) in [7, 11) is 0. The number of halogens is 4. The normalized spacial score (nSPS) is 18.5. The monoisotopic (exact) mass is 421 g/mol. The Morgan fingerprint density at radius 3 is 2.17 bits per heavy atom. The Bertz CT molecular complexity index is 980. The highest BCUT2D eigenvalue weighted by Gasteiger charge is 2.27. The van der Waals surface area contributed by atoms with Gasteiger partial charge in [-0.25, -0.2) is 22.4 Å². The molecular weight excluding hydrogens is 406 g/mol. The van der Waals surface area contributed by atoms with E-state index in [4.69, 9.17) is 14.7 Å². The van der Waals surface area contributed by atoms with Crippen molar-refractivity contribution in [1.82, 2.24) is 0 Å². The van der Waals surface area contributed by atoms with Crippen LogP contribution in [0.15, 0.2) is 36.9 Å². The van der Waals surface area contributed by atoms with Gasteiger partial charge in [-0.1, -0.05) is 6.08 Å². The predicted octanol–water partition coefficient (Wildman–Crippen LogP) is 4.57. The zero-order valence-electron chi connectivity index (χ0n) is 15.5. The standard InChI is InChI=1S/C21H15F4NO4/c1-2-3-11-9-28-21(29-10-11)12-4-17(24)19(18(25)5-12)20(27)30-13-6-15(22)14(8-26)16(23)7-13/h2,4-7,11,21H,1,3,9-10H2. The second-order valence-corrected chi connectivity index (χ2v) is 6.51. The fourth-order valence-corrected chi connectivity index (χ4v) is 2.90. The quantitative estimate of drug-likeness (QED) is 0.306. The Balaban J connectivity index is 1.78. The summed E-state index contributed by atoms with van der Waals surface area (Å²) in [5, 5.41) is 8.64. The molecule has 5 nitrogen and oxygen atoms in total. The molecule has 0 atom stereocenters. The smallest absolute Gasteiger partial charge is 0.349 e. The molecule has 1 heterocycles. The van der Waals surface area contributed by atoms with Crippen molar-refractivity contribution in [2.75, 3.05) is 13.2 Å². The highest BCUT2D eigenvalue weighted by molar-refractivity contribution is 5.91. The van der Waals surface area contributed by atoms with E-state index in [1.165, 1.54) is 6.07 Å². The number of nitriles is 1. The SMILES string of the molecule is C=CCC1COC(c2cc(F)c(C(=O)Oc3cc(F)c(C#N)c(F)c3)c(F)c2)OC1. The van der Waals surface area contributed by atoms with Crippen LogP contribution in [0.25, 0.3) is 0 Å². The van der Waals surface area contributed by atoms with Crippen LogP contribution in [0.2, 0.25) is 0 Å². The summed E-state index contributed by atoms with van der Waals surface area (Å²) in [6, 6.07) is 4.15. The molecule has 0 N–H and O–H groups in total. The van der Waals surface area contributed by atoms with Crippen molar-refractivity contribution in [1.29, 1.82) is 5.26 Å². The lowest BCUT2D eigenvalue weighted by atomic mass is 10.1. The van der Waals surface area contributed by atoms with Gasteiger partial charge in [-0.15, -0.1) is 6.58 Å². The van der Waals surface area contributed by atoms with Gasteiger partial charge in [0.25, 0.3) is 0 Å². The first-order valence-corrected chi connectivity index (χ1v) is 8.78. The zero-order valence-corrected chi connectivity index (χ0v) is 15.5. The van der Waals surface area contributed by atoms with E-state index in [2.05, 4.69) is 11.3 Å². The lowest BCUT2D eigenvalue weighted by Crippen LogP contribution is -2.27. The summed E-state index contributed by atoms with van der Waals surface area (Å²) in [4.78, 5) is 12.2. The van der Waals surface area contributed by atoms with Crippen molar-refractivity contribution in [2.24, 2.45) is 5.92 Å². The number of esters is 1. The van der Waals surface area contributed by atoms with E-state index in [9.17, 15) is 22.4 Å². The van der Waals surface area contributed by atoms with Crippen LogP contribution in [-0.2, 0) is 9.47 Å². The minimum Gasteiger partial charge on any atom is -0.423 e. The Morgan fingerprint density at radius 2 is 1.67 bits per heavy atom. The van der Waals surface area contributed by atoms with Crippen LogP contribution >= 0.6 is 0 Å². The summed E-state index contributed by atoms with van der Waals surface area (Å²) in [6.07, 6.45) is 1.36. The first kappa shape index (κ1) is 21.5. The van der Waals surface area contributed by atoms with Crippen LogP contribution in [0, 0.1) is 40.5 Å². The third-order valence-corrected chi connectivity index (χ3v) is 4.35. The van der Waals surface area contributed by atoms with E-state index in [-0.39, 0.29) is 11.5 Å². The van der Waals surface area contributed by atoms with Gasteiger partial charge in [0.2, 0.25) is 0 Å². The number of hydrogen-bond acceptors (Lipinski definition) is 5. The van der Waals surface area contributed by atoms with Gasteiger partial charge in [-0.3, -0.25) is 0 Å². The highest BCUT2D eigenvalue weighted by Crippen LogP contribution is 2.29. The number of rotatable bonds is 5. The molecule has 2 aromatic carbocycles. The molecule has 1 saturated heterocycles. The van der Waals surface area contributed by atoms with Crippen LogP contribution in [0.3, 0.4) is 0 Å². The van der Waals surface area contributed by atoms with E-state index in [1.54, 1.807) is 6.08 Å². The van der Waals surface area contributed by atoms with Crippen molar-refractivity contribution < 1.29 is 36.6 Å². The predicted molar refractivity (Wildman–Crippen MR) is 95.3 cm³/mol. The van der Waals surface area contributed by atoms with E-state index in [1.807, 2.05) is 0 Å². The lowest BCUT2D eigenvalue weighted by molar-refractivity contribution is -0.204. The second kappa shape index (κ2) is 9.07. The van der Waals surface area contributed by atoms with Gasteiger partial charge in [0.05, 0.1) is 13.2 Å². The van der Waals surface area contributed by atoms with Crippen LogP contribution in [-0.4, -0.2) is 19.2 Å². The largest absolute Gasteiger partial charge is 0.423 e. The molecular formula is C21H15F4NO4. The minimum atomic E-state index is -1.50. The molecule has 156 valence electrons. The Labute approximate surface area is 169 Å². The van der Waals surface area contributed by atoms with Crippen molar-refractivity contribution in [3.8, 4) is 11.8 Å². The van der Waals surface area contributed by atoms with Crippen molar-refractivity contribution in [2.45, 2.75) is 12.7 Å². The molecule has 1 aliphatic heterocycles. The van der Waals surface area contributed by atoms with Crippen LogP contribution < -0.4 is 4.74 Å². The van der Waals surface area contributed by atoms with Gasteiger partial charge in [-0.2, -0.15) is 5.26 Å². The lowest BCUT2D eigenvalue weighted by Gasteiger charge is -2.29.